The molecule has 5 rings (SSSR count). The van der Waals surface area contributed by atoms with Gasteiger partial charge in [-0.05, 0) is 42.9 Å². The molecule has 1 aromatic heterocycles. The van der Waals surface area contributed by atoms with Crippen LogP contribution in [-0.2, 0) is 23.0 Å². The summed E-state index contributed by atoms with van der Waals surface area (Å²) < 4.78 is 43.7. The van der Waals surface area contributed by atoms with Gasteiger partial charge in [0.1, 0.15) is 5.82 Å². The zero-order valence-corrected chi connectivity index (χ0v) is 20.9. The zero-order valence-electron chi connectivity index (χ0n) is 20.1. The Labute approximate surface area is 205 Å². The number of nitrogens with one attached hydrogen (secondary N) is 1. The molecule has 0 radical (unpaired) electrons. The molecular weight excluding hydrogens is 468 g/mol. The van der Waals surface area contributed by atoms with Crippen molar-refractivity contribution in [3.63, 3.8) is 0 Å². The van der Waals surface area contributed by atoms with Crippen LogP contribution >= 0.6 is 0 Å². The fraction of sp³-hybridized carbons (Fsp3) is 0.400. The Morgan fingerprint density at radius 1 is 1.14 bits per heavy atom. The van der Waals surface area contributed by atoms with E-state index in [-0.39, 0.29) is 6.10 Å². The van der Waals surface area contributed by atoms with Gasteiger partial charge in [-0.3, -0.25) is 4.72 Å². The van der Waals surface area contributed by atoms with Gasteiger partial charge in [-0.25, -0.2) is 13.4 Å². The highest BCUT2D eigenvalue weighted by Crippen LogP contribution is 2.47. The second-order valence-corrected chi connectivity index (χ2v) is 10.8. The van der Waals surface area contributed by atoms with E-state index in [1.165, 1.54) is 0 Å². The molecule has 2 aliphatic rings. The summed E-state index contributed by atoms with van der Waals surface area (Å²) in [7, 11) is -0.174. The molecule has 0 spiro atoms. The first-order valence-corrected chi connectivity index (χ1v) is 13.5. The average molecular weight is 499 g/mol. The van der Waals surface area contributed by atoms with E-state index in [4.69, 9.17) is 24.9 Å². The molecule has 0 saturated heterocycles. The molecule has 10 heteroatoms. The first kappa shape index (κ1) is 23.3. The van der Waals surface area contributed by atoms with E-state index in [0.717, 1.165) is 47.8 Å². The zero-order chi connectivity index (χ0) is 24.7. The number of rotatable bonds is 7. The summed E-state index contributed by atoms with van der Waals surface area (Å²) in [6, 6.07) is 9.36. The molecule has 1 saturated carbocycles. The second-order valence-electron chi connectivity index (χ2n) is 9.06. The summed E-state index contributed by atoms with van der Waals surface area (Å²) in [4.78, 5) is 7.07. The van der Waals surface area contributed by atoms with Crippen molar-refractivity contribution in [1.82, 2.24) is 4.98 Å². The van der Waals surface area contributed by atoms with Crippen LogP contribution in [0.15, 0.2) is 30.3 Å². The molecule has 3 aromatic rings. The molecule has 0 bridgehead atoms. The Hall–Kier alpha value is -3.40. The van der Waals surface area contributed by atoms with Crippen LogP contribution in [0.4, 0.5) is 17.2 Å². The molecule has 1 aliphatic heterocycles. The predicted octanol–water partition coefficient (Wildman–Crippen LogP) is 3.70. The number of sulfonamides is 1. The topological polar surface area (TPSA) is 116 Å². The fourth-order valence-corrected chi connectivity index (χ4v) is 5.30. The van der Waals surface area contributed by atoms with Crippen LogP contribution < -0.4 is 29.6 Å². The van der Waals surface area contributed by atoms with Gasteiger partial charge in [-0.1, -0.05) is 12.1 Å². The lowest BCUT2D eigenvalue weighted by atomic mass is 9.96. The molecule has 9 nitrogen and oxygen atoms in total. The van der Waals surface area contributed by atoms with Gasteiger partial charge in [0, 0.05) is 30.9 Å². The Morgan fingerprint density at radius 2 is 1.94 bits per heavy atom. The molecule has 2 aromatic carbocycles. The third-order valence-electron chi connectivity index (χ3n) is 6.64. The van der Waals surface area contributed by atoms with Crippen LogP contribution in [0.3, 0.4) is 0 Å². The van der Waals surface area contributed by atoms with Crippen LogP contribution in [0.1, 0.15) is 30.4 Å². The molecule has 186 valence electrons. The van der Waals surface area contributed by atoms with E-state index in [9.17, 15) is 8.42 Å². The van der Waals surface area contributed by atoms with E-state index in [0.29, 0.717) is 53.7 Å². The number of ether oxygens (including phenoxy) is 3. The van der Waals surface area contributed by atoms with Crippen LogP contribution in [0.5, 0.6) is 17.2 Å². The highest BCUT2D eigenvalue weighted by Gasteiger charge is 2.27. The molecule has 0 unspecified atom stereocenters. The number of aromatic nitrogens is 1. The lowest BCUT2D eigenvalue weighted by Gasteiger charge is -2.32. The number of benzene rings is 2. The largest absolute Gasteiger partial charge is 0.493 e. The van der Waals surface area contributed by atoms with E-state index >= 15 is 0 Å². The van der Waals surface area contributed by atoms with Crippen LogP contribution in [0, 0.1) is 0 Å². The maximum Gasteiger partial charge on any atom is 0.229 e. The number of anilines is 3. The number of fused-ring (bicyclic) bond motifs is 2. The predicted molar refractivity (Wildman–Crippen MR) is 137 cm³/mol. The summed E-state index contributed by atoms with van der Waals surface area (Å²) in [5.74, 6) is 2.37. The van der Waals surface area contributed by atoms with Gasteiger partial charge < -0.3 is 24.8 Å². The Balaban J connectivity index is 1.53. The number of nitrogens with two attached hydrogens (primary N) is 1. The summed E-state index contributed by atoms with van der Waals surface area (Å²) in [5, 5.41) is 0.718. The van der Waals surface area contributed by atoms with Crippen LogP contribution in [-0.4, -0.2) is 46.5 Å². The maximum absolute atomic E-state index is 11.8. The second kappa shape index (κ2) is 8.99. The van der Waals surface area contributed by atoms with Crippen LogP contribution in [0.2, 0.25) is 0 Å². The van der Waals surface area contributed by atoms with Crippen molar-refractivity contribution in [3.05, 3.63) is 41.5 Å². The molecule has 3 N–H and O–H groups in total. The SMILES string of the molecule is COc1cc2nc(N3CCc4c(cccc4NS(C)(=O)=O)C3)cc(N)c2c(OC2CCC2)c1OC. The normalized spacial score (nSPS) is 15.9. The minimum absolute atomic E-state index is 0.131. The maximum atomic E-state index is 11.8. The lowest BCUT2D eigenvalue weighted by molar-refractivity contribution is 0.117. The third-order valence-corrected chi connectivity index (χ3v) is 7.23. The number of hydrogen-bond donors (Lipinski definition) is 2. The Bertz CT molecular complexity index is 1390. The van der Waals surface area contributed by atoms with Crippen molar-refractivity contribution < 1.29 is 22.6 Å². The molecule has 0 atom stereocenters. The Kier molecular flexibility index (Phi) is 6.00. The van der Waals surface area contributed by atoms with Crippen LogP contribution in [0.25, 0.3) is 10.9 Å². The van der Waals surface area contributed by atoms with Gasteiger partial charge in [0.25, 0.3) is 0 Å². The Morgan fingerprint density at radius 3 is 2.60 bits per heavy atom. The highest BCUT2D eigenvalue weighted by molar-refractivity contribution is 7.92. The number of methoxy groups -OCH3 is 2. The van der Waals surface area contributed by atoms with Crippen molar-refractivity contribution in [2.45, 2.75) is 38.3 Å². The number of nitrogens with zero attached hydrogens (tertiary/aromatic N) is 2. The first-order chi connectivity index (χ1) is 16.8. The summed E-state index contributed by atoms with van der Waals surface area (Å²) >= 11 is 0. The molecule has 1 aliphatic carbocycles. The first-order valence-electron chi connectivity index (χ1n) is 11.6. The van der Waals surface area contributed by atoms with Gasteiger partial charge in [0.2, 0.25) is 15.8 Å². The minimum atomic E-state index is -3.36. The van der Waals surface area contributed by atoms with Crippen molar-refractivity contribution in [3.8, 4) is 17.2 Å². The molecule has 35 heavy (non-hydrogen) atoms. The summed E-state index contributed by atoms with van der Waals surface area (Å²) in [6.45, 7) is 1.26. The smallest absolute Gasteiger partial charge is 0.229 e. The molecule has 1 fully saturated rings. The third kappa shape index (κ3) is 4.50. The fourth-order valence-electron chi connectivity index (χ4n) is 4.71. The lowest BCUT2D eigenvalue weighted by Crippen LogP contribution is -2.32. The number of nitrogen functional groups attached to an aromatic ring is 1. The highest BCUT2D eigenvalue weighted by atomic mass is 32.2. The van der Waals surface area contributed by atoms with Gasteiger partial charge in [-0.15, -0.1) is 0 Å². The van der Waals surface area contributed by atoms with Crippen molar-refractivity contribution in [2.24, 2.45) is 0 Å². The summed E-state index contributed by atoms with van der Waals surface area (Å²) in [6.07, 6.45) is 5.11. The molecule has 2 heterocycles. The van der Waals surface area contributed by atoms with Gasteiger partial charge in [0.15, 0.2) is 11.5 Å². The standard InChI is InChI=1S/C25H30N4O5S/c1-32-21-13-20-23(25(24(21)33-2)34-16-7-5-8-16)18(26)12-22(27-20)29-11-10-17-15(14-29)6-4-9-19(17)28-35(3,30)31/h4,6,9,12-13,16,28H,5,7-8,10-11,14H2,1-3H3,(H2,26,27). The summed E-state index contributed by atoms with van der Waals surface area (Å²) in [5.41, 5.74) is 10.5. The van der Waals surface area contributed by atoms with E-state index in [1.54, 1.807) is 20.3 Å². The average Bonchev–Trinajstić information content (AvgIpc) is 2.79. The van der Waals surface area contributed by atoms with Gasteiger partial charge >= 0.3 is 0 Å². The molecule has 0 amide bonds. The van der Waals surface area contributed by atoms with E-state index < -0.39 is 10.0 Å². The number of pyridine rings is 1. The van der Waals surface area contributed by atoms with Gasteiger partial charge in [0.05, 0.1) is 43.2 Å². The minimum Gasteiger partial charge on any atom is -0.493 e. The molecular formula is C25H30N4O5S. The van der Waals surface area contributed by atoms with Gasteiger partial charge in [-0.2, -0.15) is 0 Å². The van der Waals surface area contributed by atoms with Crippen molar-refractivity contribution in [1.29, 1.82) is 0 Å². The van der Waals surface area contributed by atoms with E-state index in [2.05, 4.69) is 9.62 Å². The number of hydrogen-bond acceptors (Lipinski definition) is 8. The van der Waals surface area contributed by atoms with E-state index in [1.807, 2.05) is 24.3 Å². The monoisotopic (exact) mass is 498 g/mol. The quantitative estimate of drug-likeness (QED) is 0.507. The van der Waals surface area contributed by atoms with Crippen molar-refractivity contribution >= 4 is 38.1 Å². The van der Waals surface area contributed by atoms with Crippen molar-refractivity contribution in [2.75, 3.05) is 42.4 Å².